The largest absolute Gasteiger partial charge is 0.489 e. The second-order valence-corrected chi connectivity index (χ2v) is 3.09. The summed E-state index contributed by atoms with van der Waals surface area (Å²) in [4.78, 5) is 3.91. The van der Waals surface area contributed by atoms with E-state index in [-0.39, 0.29) is 0 Å². The summed E-state index contributed by atoms with van der Waals surface area (Å²) in [7, 11) is 0. The Hall–Kier alpha value is -0.760. The van der Waals surface area contributed by atoms with Gasteiger partial charge >= 0.3 is 0 Å². The third kappa shape index (κ3) is 1.84. The van der Waals surface area contributed by atoms with Gasteiger partial charge in [0.05, 0.1) is 17.3 Å². The van der Waals surface area contributed by atoms with Gasteiger partial charge in [0.15, 0.2) is 0 Å². The molecule has 0 N–H and O–H groups in total. The van der Waals surface area contributed by atoms with Crippen LogP contribution in [0.3, 0.4) is 0 Å². The standard InChI is InChI=1S/C8H8ClNO/c9-6-3-8(5-10-4-6)11-7-1-2-7/h3-5,7H,1-2H2. The average Bonchev–Trinajstić information content (AvgIpc) is 2.71. The normalized spacial score (nSPS) is 16.5. The molecule has 0 radical (unpaired) electrons. The van der Waals surface area contributed by atoms with Gasteiger partial charge in [-0.25, -0.2) is 0 Å². The van der Waals surface area contributed by atoms with Gasteiger partial charge in [-0.1, -0.05) is 11.6 Å². The topological polar surface area (TPSA) is 22.1 Å². The number of rotatable bonds is 2. The van der Waals surface area contributed by atoms with Crippen molar-refractivity contribution in [3.63, 3.8) is 0 Å². The van der Waals surface area contributed by atoms with Crippen molar-refractivity contribution in [2.75, 3.05) is 0 Å². The molecule has 3 heteroatoms. The molecule has 0 unspecified atom stereocenters. The zero-order valence-electron chi connectivity index (χ0n) is 5.96. The van der Waals surface area contributed by atoms with Crippen LogP contribution in [0.4, 0.5) is 0 Å². The third-order valence-electron chi connectivity index (χ3n) is 1.51. The molecule has 1 aromatic heterocycles. The Labute approximate surface area is 70.2 Å². The van der Waals surface area contributed by atoms with Gasteiger partial charge < -0.3 is 4.74 Å². The van der Waals surface area contributed by atoms with E-state index in [1.165, 1.54) is 0 Å². The summed E-state index contributed by atoms with van der Waals surface area (Å²) in [6.45, 7) is 0. The van der Waals surface area contributed by atoms with Crippen LogP contribution in [0.25, 0.3) is 0 Å². The monoisotopic (exact) mass is 169 g/mol. The number of hydrogen-bond donors (Lipinski definition) is 0. The molecular formula is C8H8ClNO. The molecular weight excluding hydrogens is 162 g/mol. The highest BCUT2D eigenvalue weighted by Crippen LogP contribution is 2.27. The van der Waals surface area contributed by atoms with Gasteiger partial charge in [-0.3, -0.25) is 4.98 Å². The van der Waals surface area contributed by atoms with E-state index in [1.807, 2.05) is 0 Å². The van der Waals surface area contributed by atoms with Crippen molar-refractivity contribution in [2.45, 2.75) is 18.9 Å². The van der Waals surface area contributed by atoms with Crippen molar-refractivity contribution in [1.29, 1.82) is 0 Å². The fourth-order valence-electron chi connectivity index (χ4n) is 0.835. The maximum absolute atomic E-state index is 5.71. The Kier molecular flexibility index (Phi) is 1.70. The average molecular weight is 170 g/mol. The quantitative estimate of drug-likeness (QED) is 0.678. The Morgan fingerprint density at radius 3 is 2.91 bits per heavy atom. The first-order valence-corrected chi connectivity index (χ1v) is 3.99. The first kappa shape index (κ1) is 6.92. The lowest BCUT2D eigenvalue weighted by molar-refractivity contribution is 0.302. The number of halogens is 1. The number of hydrogen-bond acceptors (Lipinski definition) is 2. The smallest absolute Gasteiger partial charge is 0.139 e. The van der Waals surface area contributed by atoms with Crippen LogP contribution >= 0.6 is 11.6 Å². The van der Waals surface area contributed by atoms with E-state index in [4.69, 9.17) is 16.3 Å². The number of nitrogens with zero attached hydrogens (tertiary/aromatic N) is 1. The molecule has 0 bridgehead atoms. The zero-order chi connectivity index (χ0) is 7.68. The summed E-state index contributed by atoms with van der Waals surface area (Å²) in [6.07, 6.45) is 6.01. The van der Waals surface area contributed by atoms with Gasteiger partial charge in [0.2, 0.25) is 0 Å². The molecule has 0 saturated heterocycles. The molecule has 0 aliphatic heterocycles. The van der Waals surface area contributed by atoms with E-state index >= 15 is 0 Å². The molecule has 2 nitrogen and oxygen atoms in total. The van der Waals surface area contributed by atoms with Crippen LogP contribution in [0, 0.1) is 0 Å². The highest BCUT2D eigenvalue weighted by Gasteiger charge is 2.23. The van der Waals surface area contributed by atoms with Gasteiger partial charge in [-0.05, 0) is 12.8 Å². The molecule has 0 aromatic carbocycles. The van der Waals surface area contributed by atoms with Crippen molar-refractivity contribution >= 4 is 11.6 Å². The molecule has 1 saturated carbocycles. The Bertz CT molecular complexity index is 260. The minimum Gasteiger partial charge on any atom is -0.489 e. The van der Waals surface area contributed by atoms with Crippen molar-refractivity contribution in [3.8, 4) is 5.75 Å². The van der Waals surface area contributed by atoms with Crippen LogP contribution < -0.4 is 4.74 Å². The first-order chi connectivity index (χ1) is 5.34. The third-order valence-corrected chi connectivity index (χ3v) is 1.71. The molecule has 0 amide bonds. The number of aromatic nitrogens is 1. The molecule has 1 heterocycles. The first-order valence-electron chi connectivity index (χ1n) is 3.62. The lowest BCUT2D eigenvalue weighted by Gasteiger charge is -2.02. The molecule has 0 spiro atoms. The highest BCUT2D eigenvalue weighted by molar-refractivity contribution is 6.30. The zero-order valence-corrected chi connectivity index (χ0v) is 6.71. The molecule has 1 fully saturated rings. The van der Waals surface area contributed by atoms with E-state index in [1.54, 1.807) is 18.5 Å². The predicted molar refractivity (Wildman–Crippen MR) is 42.9 cm³/mol. The fourth-order valence-corrected chi connectivity index (χ4v) is 0.999. The molecule has 11 heavy (non-hydrogen) atoms. The lowest BCUT2D eigenvalue weighted by atomic mass is 10.5. The predicted octanol–water partition coefficient (Wildman–Crippen LogP) is 2.28. The van der Waals surface area contributed by atoms with E-state index in [0.29, 0.717) is 11.1 Å². The van der Waals surface area contributed by atoms with E-state index in [9.17, 15) is 0 Å². The van der Waals surface area contributed by atoms with Crippen LogP contribution in [0.15, 0.2) is 18.5 Å². The minimum atomic E-state index is 0.412. The van der Waals surface area contributed by atoms with Crippen LogP contribution in [0.5, 0.6) is 5.75 Å². The van der Waals surface area contributed by atoms with Crippen molar-refractivity contribution in [2.24, 2.45) is 0 Å². The van der Waals surface area contributed by atoms with Gasteiger partial charge in [-0.15, -0.1) is 0 Å². The molecule has 58 valence electrons. The summed E-state index contributed by atoms with van der Waals surface area (Å²) in [6, 6.07) is 1.78. The van der Waals surface area contributed by atoms with Crippen molar-refractivity contribution in [1.82, 2.24) is 4.98 Å². The fraction of sp³-hybridized carbons (Fsp3) is 0.375. The van der Waals surface area contributed by atoms with E-state index < -0.39 is 0 Å². The van der Waals surface area contributed by atoms with Crippen LogP contribution in [-0.4, -0.2) is 11.1 Å². The Balaban J connectivity index is 2.10. The second-order valence-electron chi connectivity index (χ2n) is 2.66. The molecule has 1 aliphatic rings. The van der Waals surface area contributed by atoms with E-state index in [0.717, 1.165) is 18.6 Å². The Morgan fingerprint density at radius 2 is 2.27 bits per heavy atom. The van der Waals surface area contributed by atoms with Crippen molar-refractivity contribution in [3.05, 3.63) is 23.5 Å². The summed E-state index contributed by atoms with van der Waals surface area (Å²) in [5.41, 5.74) is 0. The highest BCUT2D eigenvalue weighted by atomic mass is 35.5. The van der Waals surface area contributed by atoms with E-state index in [2.05, 4.69) is 4.98 Å². The Morgan fingerprint density at radius 1 is 1.45 bits per heavy atom. The number of ether oxygens (including phenoxy) is 1. The molecule has 2 rings (SSSR count). The second kappa shape index (κ2) is 2.70. The van der Waals surface area contributed by atoms with Crippen molar-refractivity contribution < 1.29 is 4.74 Å². The molecule has 0 atom stereocenters. The summed E-state index contributed by atoms with van der Waals surface area (Å²) >= 11 is 5.71. The SMILES string of the molecule is Clc1cncc(OC2CC2)c1. The summed E-state index contributed by atoms with van der Waals surface area (Å²) in [5, 5.41) is 0.628. The maximum Gasteiger partial charge on any atom is 0.139 e. The number of pyridine rings is 1. The summed E-state index contributed by atoms with van der Waals surface area (Å²) in [5.74, 6) is 0.778. The molecule has 1 aliphatic carbocycles. The minimum absolute atomic E-state index is 0.412. The van der Waals surface area contributed by atoms with Gasteiger partial charge in [-0.2, -0.15) is 0 Å². The summed E-state index contributed by atoms with van der Waals surface area (Å²) < 4.78 is 5.46. The molecule has 1 aromatic rings. The van der Waals surface area contributed by atoms with Gasteiger partial charge in [0.1, 0.15) is 5.75 Å². The lowest BCUT2D eigenvalue weighted by Crippen LogP contribution is -1.95. The van der Waals surface area contributed by atoms with Crippen LogP contribution in [0.1, 0.15) is 12.8 Å². The van der Waals surface area contributed by atoms with Crippen LogP contribution in [-0.2, 0) is 0 Å². The van der Waals surface area contributed by atoms with Crippen LogP contribution in [0.2, 0.25) is 5.02 Å². The van der Waals surface area contributed by atoms with Gasteiger partial charge in [0.25, 0.3) is 0 Å². The maximum atomic E-state index is 5.71. The van der Waals surface area contributed by atoms with Gasteiger partial charge in [0, 0.05) is 12.3 Å².